The summed E-state index contributed by atoms with van der Waals surface area (Å²) < 4.78 is 0. The van der Waals surface area contributed by atoms with E-state index in [9.17, 15) is 0 Å². The molecule has 9 heavy (non-hydrogen) atoms. The Kier molecular flexibility index (Phi) is 4.06. The van der Waals surface area contributed by atoms with Crippen LogP contribution in [0.15, 0.2) is 0 Å². The molecule has 0 aromatic rings. The van der Waals surface area contributed by atoms with Crippen molar-refractivity contribution >= 4 is 20.7 Å². The first-order valence-electron chi connectivity index (χ1n) is 3.43. The Morgan fingerprint density at radius 1 is 1.44 bits per heavy atom. The number of thiol groups is 1. The standard InChI is InChI=1S/C7H18S2/c1-5-6-7(2)9(3,4)8/h7-8H,5-6H2,1-4H3. The molecule has 0 rings (SSSR count). The van der Waals surface area contributed by atoms with E-state index in [-0.39, 0.29) is 0 Å². The molecule has 0 aliphatic carbocycles. The normalized spacial score (nSPS) is 17.4. The highest BCUT2D eigenvalue weighted by molar-refractivity contribution is 8.87. The summed E-state index contributed by atoms with van der Waals surface area (Å²) in [5.41, 5.74) is 0. The van der Waals surface area contributed by atoms with Gasteiger partial charge >= 0.3 is 0 Å². The van der Waals surface area contributed by atoms with E-state index < -0.39 is 9.06 Å². The molecule has 0 radical (unpaired) electrons. The van der Waals surface area contributed by atoms with Gasteiger partial charge < -0.3 is 0 Å². The monoisotopic (exact) mass is 166 g/mol. The van der Waals surface area contributed by atoms with Crippen LogP contribution >= 0.6 is 20.7 Å². The molecule has 0 saturated heterocycles. The van der Waals surface area contributed by atoms with Gasteiger partial charge in [0.2, 0.25) is 0 Å². The van der Waals surface area contributed by atoms with Crippen LogP contribution in [-0.2, 0) is 0 Å². The summed E-state index contributed by atoms with van der Waals surface area (Å²) in [5.74, 6) is 0. The van der Waals surface area contributed by atoms with E-state index in [4.69, 9.17) is 0 Å². The van der Waals surface area contributed by atoms with Crippen LogP contribution < -0.4 is 0 Å². The highest BCUT2D eigenvalue weighted by Gasteiger charge is 2.13. The predicted octanol–water partition coefficient (Wildman–Crippen LogP) is 3.08. The van der Waals surface area contributed by atoms with Crippen molar-refractivity contribution < 1.29 is 0 Å². The van der Waals surface area contributed by atoms with Gasteiger partial charge in [-0.05, 0) is 24.2 Å². The van der Waals surface area contributed by atoms with Crippen LogP contribution in [0.2, 0.25) is 0 Å². The number of hydrogen-bond donors (Lipinski definition) is 1. The van der Waals surface area contributed by atoms with E-state index in [0.717, 1.165) is 5.25 Å². The van der Waals surface area contributed by atoms with Crippen LogP contribution in [0.25, 0.3) is 0 Å². The first-order valence-corrected chi connectivity index (χ1v) is 6.99. The molecule has 0 amide bonds. The Morgan fingerprint density at radius 2 is 1.89 bits per heavy atom. The van der Waals surface area contributed by atoms with E-state index in [2.05, 4.69) is 38.0 Å². The lowest BCUT2D eigenvalue weighted by atomic mass is 10.3. The van der Waals surface area contributed by atoms with Crippen LogP contribution in [0.1, 0.15) is 26.7 Å². The zero-order valence-corrected chi connectivity index (χ0v) is 8.56. The fourth-order valence-corrected chi connectivity index (χ4v) is 1.82. The van der Waals surface area contributed by atoms with Crippen molar-refractivity contribution in [1.82, 2.24) is 0 Å². The third kappa shape index (κ3) is 4.15. The molecule has 0 aromatic heterocycles. The van der Waals surface area contributed by atoms with Crippen LogP contribution in [0, 0.1) is 0 Å². The maximum absolute atomic E-state index is 4.57. The Bertz CT molecular complexity index is 73.5. The first kappa shape index (κ1) is 9.70. The smallest absolute Gasteiger partial charge is 0.00625 e. The molecule has 0 aliphatic heterocycles. The molecular weight excluding hydrogens is 148 g/mol. The summed E-state index contributed by atoms with van der Waals surface area (Å²) in [6.45, 7) is 4.53. The van der Waals surface area contributed by atoms with E-state index in [1.54, 1.807) is 0 Å². The van der Waals surface area contributed by atoms with E-state index in [0.29, 0.717) is 0 Å². The molecule has 0 fully saturated rings. The number of rotatable bonds is 3. The van der Waals surface area contributed by atoms with Gasteiger partial charge in [-0.25, -0.2) is 0 Å². The van der Waals surface area contributed by atoms with Crippen molar-refractivity contribution in [1.29, 1.82) is 0 Å². The highest BCUT2D eigenvalue weighted by atomic mass is 33.1. The minimum Gasteiger partial charge on any atom is -0.199 e. The third-order valence-corrected chi connectivity index (χ3v) is 4.96. The van der Waals surface area contributed by atoms with Gasteiger partial charge in [-0.2, -0.15) is 9.06 Å². The van der Waals surface area contributed by atoms with Gasteiger partial charge in [0.05, 0.1) is 0 Å². The van der Waals surface area contributed by atoms with Gasteiger partial charge in [-0.1, -0.05) is 20.3 Å². The summed E-state index contributed by atoms with van der Waals surface area (Å²) in [6.07, 6.45) is 7.14. The van der Waals surface area contributed by atoms with Gasteiger partial charge in [0.1, 0.15) is 0 Å². The molecule has 0 saturated carbocycles. The Balaban J connectivity index is 3.59. The van der Waals surface area contributed by atoms with Crippen molar-refractivity contribution in [3.63, 3.8) is 0 Å². The maximum atomic E-state index is 4.57. The van der Waals surface area contributed by atoms with Gasteiger partial charge in [0.25, 0.3) is 0 Å². The first-order chi connectivity index (χ1) is 3.98. The van der Waals surface area contributed by atoms with Gasteiger partial charge in [-0.3, -0.25) is 0 Å². The van der Waals surface area contributed by atoms with E-state index >= 15 is 0 Å². The lowest BCUT2D eigenvalue weighted by Gasteiger charge is -2.31. The summed E-state index contributed by atoms with van der Waals surface area (Å²) >= 11 is 4.57. The molecule has 0 heterocycles. The van der Waals surface area contributed by atoms with Gasteiger partial charge in [0.15, 0.2) is 0 Å². The molecule has 1 unspecified atom stereocenters. The molecule has 0 nitrogen and oxygen atoms in total. The lowest BCUT2D eigenvalue weighted by Crippen LogP contribution is -2.06. The molecule has 0 N–H and O–H groups in total. The fourth-order valence-electron chi connectivity index (χ4n) is 0.695. The second-order valence-electron chi connectivity index (χ2n) is 2.95. The predicted molar refractivity (Wildman–Crippen MR) is 52.8 cm³/mol. The van der Waals surface area contributed by atoms with Crippen molar-refractivity contribution in [2.45, 2.75) is 31.9 Å². The summed E-state index contributed by atoms with van der Waals surface area (Å²) in [5, 5.41) is 0.811. The van der Waals surface area contributed by atoms with Crippen LogP contribution in [0.4, 0.5) is 0 Å². The number of hydrogen-bond acceptors (Lipinski definition) is 1. The van der Waals surface area contributed by atoms with E-state index in [1.165, 1.54) is 12.8 Å². The molecular formula is C7H18S2. The lowest BCUT2D eigenvalue weighted by molar-refractivity contribution is 0.784. The molecule has 0 aliphatic rings. The second-order valence-corrected chi connectivity index (χ2v) is 9.28. The molecule has 2 heteroatoms. The topological polar surface area (TPSA) is 0 Å². The van der Waals surface area contributed by atoms with Crippen molar-refractivity contribution in [3.05, 3.63) is 0 Å². The molecule has 0 spiro atoms. The second kappa shape index (κ2) is 3.77. The minimum atomic E-state index is -0.571. The van der Waals surface area contributed by atoms with Crippen molar-refractivity contribution in [3.8, 4) is 0 Å². The Labute approximate surface area is 65.5 Å². The van der Waals surface area contributed by atoms with Crippen LogP contribution in [0.5, 0.6) is 0 Å². The molecule has 0 bridgehead atoms. The summed E-state index contributed by atoms with van der Waals surface area (Å²) in [4.78, 5) is 0. The minimum absolute atomic E-state index is 0.571. The van der Waals surface area contributed by atoms with Crippen LogP contribution in [0.3, 0.4) is 0 Å². The zero-order chi connectivity index (χ0) is 7.49. The van der Waals surface area contributed by atoms with Crippen LogP contribution in [-0.4, -0.2) is 17.8 Å². The third-order valence-electron chi connectivity index (χ3n) is 1.68. The zero-order valence-electron chi connectivity index (χ0n) is 6.85. The Morgan fingerprint density at radius 3 is 2.00 bits per heavy atom. The van der Waals surface area contributed by atoms with E-state index in [1.807, 2.05) is 0 Å². The van der Waals surface area contributed by atoms with Gasteiger partial charge in [0, 0.05) is 0 Å². The van der Waals surface area contributed by atoms with Crippen molar-refractivity contribution in [2.24, 2.45) is 0 Å². The largest absolute Gasteiger partial charge is 0.199 e. The highest BCUT2D eigenvalue weighted by Crippen LogP contribution is 2.51. The Hall–Kier alpha value is 0.700. The SMILES string of the molecule is CCCC(C)S(C)(C)S. The average molecular weight is 166 g/mol. The summed E-state index contributed by atoms with van der Waals surface area (Å²) in [7, 11) is -0.571. The van der Waals surface area contributed by atoms with Crippen molar-refractivity contribution in [2.75, 3.05) is 12.5 Å². The maximum Gasteiger partial charge on any atom is -0.00625 e. The summed E-state index contributed by atoms with van der Waals surface area (Å²) in [6, 6.07) is 0. The molecule has 0 aromatic carbocycles. The molecule has 1 atom stereocenters. The fraction of sp³-hybridized carbons (Fsp3) is 1.00. The van der Waals surface area contributed by atoms with Gasteiger partial charge in [-0.15, -0.1) is 11.7 Å². The quantitative estimate of drug-likeness (QED) is 0.483. The molecule has 58 valence electrons. The average Bonchev–Trinajstić information content (AvgIpc) is 1.64.